The Bertz CT molecular complexity index is 712. The number of halogens is 2. The normalized spacial score (nSPS) is 45.0. The zero-order valence-electron chi connectivity index (χ0n) is 17.6. The Hall–Kier alpha value is 2.11. The molecule has 0 aromatic heterocycles. The first kappa shape index (κ1) is 22.8. The van der Waals surface area contributed by atoms with Crippen LogP contribution in [-0.4, -0.2) is 17.6 Å². The summed E-state index contributed by atoms with van der Waals surface area (Å²) in [5, 5.41) is 1.66. The fourth-order valence-electron chi connectivity index (χ4n) is 6.09. The summed E-state index contributed by atoms with van der Waals surface area (Å²) >= 11 is 13.1. The molecule has 4 unspecified atom stereocenters. The van der Waals surface area contributed by atoms with Crippen molar-refractivity contribution >= 4 is 37.7 Å². The maximum atomic E-state index is 6.91. The van der Waals surface area contributed by atoms with Crippen molar-refractivity contribution in [3.8, 4) is 0 Å². The molecule has 1 aromatic rings. The average molecular weight is 435 g/mol. The summed E-state index contributed by atoms with van der Waals surface area (Å²) in [7, 11) is 4.39. The molecule has 1 spiro atoms. The van der Waals surface area contributed by atoms with Gasteiger partial charge in [-0.25, -0.2) is 4.89 Å². The molecule has 1 aromatic carbocycles. The van der Waals surface area contributed by atoms with Gasteiger partial charge in [0.2, 0.25) is 0 Å². The van der Waals surface area contributed by atoms with Gasteiger partial charge < -0.3 is 7.59 Å². The van der Waals surface area contributed by atoms with Gasteiger partial charge in [-0.05, 0) is 67.3 Å². The molecular weight excluding hydrogens is 412 g/mol. The van der Waals surface area contributed by atoms with Crippen molar-refractivity contribution in [3.05, 3.63) is 28.8 Å². The minimum absolute atomic E-state index is 0. The standard InChI is InChI=1S/C18H21Cl2O3P.2Na.2H/c1-21-18(11-2-3-14(19)15(24)6-11)17(22-23-18)12-4-10-5-13(17)9-16(20,7-10)8-12;;;;/h2-3,6,10,12-13H,4-5,7-9,24H2,1H3;;;;/q;2*+1;2*-1. The van der Waals surface area contributed by atoms with E-state index in [1.165, 1.54) is 0 Å². The quantitative estimate of drug-likeness (QED) is 0.242. The largest absolute Gasteiger partial charge is 1.00 e. The van der Waals surface area contributed by atoms with E-state index in [1.807, 2.05) is 18.2 Å². The fraction of sp³-hybridized carbons (Fsp3) is 0.667. The van der Waals surface area contributed by atoms with Gasteiger partial charge in [-0.15, -0.1) is 20.8 Å². The van der Waals surface area contributed by atoms with E-state index in [0.717, 1.165) is 43.0 Å². The predicted molar refractivity (Wildman–Crippen MR) is 98.7 cm³/mol. The Morgan fingerprint density at radius 3 is 2.27 bits per heavy atom. The molecule has 1 saturated heterocycles. The van der Waals surface area contributed by atoms with E-state index in [4.69, 9.17) is 37.7 Å². The summed E-state index contributed by atoms with van der Waals surface area (Å²) in [4.78, 5) is 11.6. The Kier molecular flexibility index (Phi) is 6.72. The van der Waals surface area contributed by atoms with Gasteiger partial charge in [-0.2, -0.15) is 4.89 Å². The van der Waals surface area contributed by atoms with Crippen LogP contribution >= 0.6 is 32.4 Å². The molecule has 1 aliphatic heterocycles. The summed E-state index contributed by atoms with van der Waals surface area (Å²) < 4.78 is 6.02. The van der Waals surface area contributed by atoms with Crippen molar-refractivity contribution in [2.75, 3.05) is 7.11 Å². The van der Waals surface area contributed by atoms with Crippen molar-refractivity contribution in [2.24, 2.45) is 17.8 Å². The first-order valence-corrected chi connectivity index (χ1v) is 9.92. The van der Waals surface area contributed by atoms with E-state index in [-0.39, 0.29) is 66.8 Å². The van der Waals surface area contributed by atoms with Crippen LogP contribution in [0.5, 0.6) is 0 Å². The topological polar surface area (TPSA) is 27.7 Å². The molecule has 0 N–H and O–H groups in total. The van der Waals surface area contributed by atoms with Gasteiger partial charge in [0.1, 0.15) is 0 Å². The monoisotopic (exact) mass is 434 g/mol. The second-order valence-electron chi connectivity index (χ2n) is 8.01. The first-order valence-electron chi connectivity index (χ1n) is 8.59. The second-order valence-corrected chi connectivity index (χ2v) is 9.84. The summed E-state index contributed by atoms with van der Waals surface area (Å²) in [5.41, 5.74) is 0.545. The van der Waals surface area contributed by atoms with Crippen LogP contribution in [0.3, 0.4) is 0 Å². The molecule has 4 aliphatic carbocycles. The molecule has 26 heavy (non-hydrogen) atoms. The van der Waals surface area contributed by atoms with Crippen LogP contribution in [-0.2, 0) is 20.3 Å². The summed E-state index contributed by atoms with van der Waals surface area (Å²) in [6.45, 7) is 0. The third-order valence-corrected chi connectivity index (χ3v) is 8.27. The van der Waals surface area contributed by atoms with Crippen molar-refractivity contribution < 1.29 is 76.5 Å². The number of alkyl halides is 1. The van der Waals surface area contributed by atoms with Crippen molar-refractivity contribution in [1.82, 2.24) is 0 Å². The first-order chi connectivity index (χ1) is 11.4. The van der Waals surface area contributed by atoms with E-state index >= 15 is 0 Å². The maximum Gasteiger partial charge on any atom is 1.00 e. The van der Waals surface area contributed by atoms with Crippen LogP contribution in [0.2, 0.25) is 5.02 Å². The maximum absolute atomic E-state index is 6.91. The average Bonchev–Trinajstić information content (AvgIpc) is 2.49. The van der Waals surface area contributed by atoms with Crippen molar-refractivity contribution in [3.63, 3.8) is 0 Å². The van der Waals surface area contributed by atoms with Gasteiger partial charge in [0.15, 0.2) is 5.60 Å². The van der Waals surface area contributed by atoms with Crippen LogP contribution in [0.25, 0.3) is 0 Å². The van der Waals surface area contributed by atoms with Gasteiger partial charge >= 0.3 is 59.1 Å². The Morgan fingerprint density at radius 2 is 1.81 bits per heavy atom. The van der Waals surface area contributed by atoms with Gasteiger partial charge in [0.25, 0.3) is 5.79 Å². The number of hydrogen-bond acceptors (Lipinski definition) is 3. The fourth-order valence-corrected chi connectivity index (χ4v) is 7.08. The molecule has 6 rings (SSSR count). The number of rotatable bonds is 2. The number of methoxy groups -OCH3 is 1. The molecule has 3 nitrogen and oxygen atoms in total. The number of ether oxygens (including phenoxy) is 1. The van der Waals surface area contributed by atoms with Crippen molar-refractivity contribution in [1.29, 1.82) is 0 Å². The van der Waals surface area contributed by atoms with Crippen LogP contribution < -0.4 is 64.4 Å². The van der Waals surface area contributed by atoms with Gasteiger partial charge in [-0.3, -0.25) is 0 Å². The third-order valence-electron chi connectivity index (χ3n) is 6.80. The van der Waals surface area contributed by atoms with E-state index in [2.05, 4.69) is 9.24 Å². The molecule has 1 heterocycles. The molecule has 4 bridgehead atoms. The van der Waals surface area contributed by atoms with E-state index in [0.29, 0.717) is 22.8 Å². The molecule has 5 aliphatic rings. The molecule has 4 saturated carbocycles. The molecule has 134 valence electrons. The van der Waals surface area contributed by atoms with Crippen LogP contribution in [0, 0.1) is 17.8 Å². The summed E-state index contributed by atoms with van der Waals surface area (Å²) in [6.07, 6.45) is 5.42. The zero-order valence-corrected chi connectivity index (χ0v) is 22.2. The molecular formula is C18H23Cl2Na2O3P. The van der Waals surface area contributed by atoms with Crippen LogP contribution in [0.15, 0.2) is 18.2 Å². The van der Waals surface area contributed by atoms with Gasteiger partial charge in [0, 0.05) is 22.6 Å². The van der Waals surface area contributed by atoms with Crippen molar-refractivity contribution in [2.45, 2.75) is 48.4 Å². The number of hydrogen-bond donors (Lipinski definition) is 0. The van der Waals surface area contributed by atoms with E-state index in [1.54, 1.807) is 7.11 Å². The Labute approximate surface area is 214 Å². The van der Waals surface area contributed by atoms with Crippen LogP contribution in [0.4, 0.5) is 0 Å². The predicted octanol–water partition coefficient (Wildman–Crippen LogP) is -1.61. The minimum Gasteiger partial charge on any atom is -1.00 e. The molecule has 0 amide bonds. The SMILES string of the molecule is COC1(c2ccc(Cl)c(P)c2)OOC12C1CC3CC2CC(Cl)(C3)C1.[H-].[H-].[Na+].[Na+]. The van der Waals surface area contributed by atoms with Gasteiger partial charge in [-0.1, -0.05) is 17.7 Å². The third kappa shape index (κ3) is 2.92. The molecule has 0 radical (unpaired) electrons. The summed E-state index contributed by atoms with van der Waals surface area (Å²) in [5.74, 6) is 0.600. The molecule has 4 atom stereocenters. The second kappa shape index (κ2) is 7.66. The number of benzene rings is 1. The smallest absolute Gasteiger partial charge is 1.00 e. The van der Waals surface area contributed by atoms with Gasteiger partial charge in [0.05, 0.1) is 0 Å². The van der Waals surface area contributed by atoms with E-state index in [9.17, 15) is 0 Å². The summed E-state index contributed by atoms with van der Waals surface area (Å²) in [6, 6.07) is 5.92. The molecule has 8 heteroatoms. The van der Waals surface area contributed by atoms with E-state index < -0.39 is 11.4 Å². The van der Waals surface area contributed by atoms with Crippen LogP contribution in [0.1, 0.15) is 40.5 Å². The Balaban J connectivity index is 0.000000980. The zero-order chi connectivity index (χ0) is 16.7. The minimum atomic E-state index is -0.862. The molecule has 5 fully saturated rings. The Morgan fingerprint density at radius 1 is 1.15 bits per heavy atom.